The van der Waals surface area contributed by atoms with Crippen LogP contribution in [-0.4, -0.2) is 56.6 Å². The van der Waals surface area contributed by atoms with Crippen LogP contribution in [0.2, 0.25) is 0 Å². The lowest BCUT2D eigenvalue weighted by Gasteiger charge is -2.31. The second-order valence-corrected chi connectivity index (χ2v) is 7.42. The first kappa shape index (κ1) is 18.3. The van der Waals surface area contributed by atoms with Gasteiger partial charge in [-0.15, -0.1) is 0 Å². The van der Waals surface area contributed by atoms with Crippen LogP contribution >= 0.6 is 11.8 Å². The molecule has 0 N–H and O–H groups in total. The van der Waals surface area contributed by atoms with Crippen LogP contribution in [-0.2, 0) is 10.5 Å². The van der Waals surface area contributed by atoms with Crippen molar-refractivity contribution >= 4 is 17.4 Å². The summed E-state index contributed by atoms with van der Waals surface area (Å²) in [5, 5.41) is 0. The highest BCUT2D eigenvalue weighted by atomic mass is 32.2. The molecule has 1 heterocycles. The minimum absolute atomic E-state index is 0.873. The first-order chi connectivity index (χ1) is 12.4. The Morgan fingerprint density at radius 1 is 0.880 bits per heavy atom. The number of rotatable bonds is 9. The molecule has 1 aliphatic rings. The van der Waals surface area contributed by atoms with E-state index in [1.165, 1.54) is 11.3 Å². The Labute approximate surface area is 156 Å². The molecule has 0 unspecified atom stereocenters. The van der Waals surface area contributed by atoms with Gasteiger partial charge in [0.1, 0.15) is 0 Å². The van der Waals surface area contributed by atoms with Crippen molar-refractivity contribution in [2.24, 2.45) is 0 Å². The number of ether oxygens (including phenoxy) is 1. The van der Waals surface area contributed by atoms with E-state index in [4.69, 9.17) is 4.74 Å². The van der Waals surface area contributed by atoms with Crippen LogP contribution in [0.25, 0.3) is 0 Å². The third kappa shape index (κ3) is 6.38. The van der Waals surface area contributed by atoms with Crippen LogP contribution in [0, 0.1) is 0 Å². The molecule has 3 rings (SSSR count). The monoisotopic (exact) mass is 356 g/mol. The van der Waals surface area contributed by atoms with Crippen molar-refractivity contribution in [3.63, 3.8) is 0 Å². The number of thioether (sulfide) groups is 1. The van der Waals surface area contributed by atoms with Crippen LogP contribution < -0.4 is 4.90 Å². The maximum Gasteiger partial charge on any atom is 0.0594 e. The van der Waals surface area contributed by atoms with Gasteiger partial charge in [-0.2, -0.15) is 11.8 Å². The summed E-state index contributed by atoms with van der Waals surface area (Å²) in [6.07, 6.45) is 0. The minimum atomic E-state index is 0.873. The lowest BCUT2D eigenvalue weighted by atomic mass is 10.2. The van der Waals surface area contributed by atoms with Gasteiger partial charge in [0.25, 0.3) is 0 Å². The molecule has 4 heteroatoms. The summed E-state index contributed by atoms with van der Waals surface area (Å²) in [6, 6.07) is 21.5. The van der Waals surface area contributed by atoms with Crippen molar-refractivity contribution < 1.29 is 4.74 Å². The van der Waals surface area contributed by atoms with Gasteiger partial charge in [-0.25, -0.2) is 0 Å². The number of anilines is 1. The van der Waals surface area contributed by atoms with Gasteiger partial charge >= 0.3 is 0 Å². The Kier molecular flexibility index (Phi) is 7.68. The molecule has 134 valence electrons. The van der Waals surface area contributed by atoms with E-state index in [1.54, 1.807) is 0 Å². The SMILES string of the molecule is c1ccc(CSCCN(CCN2CCOCC2)c2ccccc2)cc1. The summed E-state index contributed by atoms with van der Waals surface area (Å²) in [5.41, 5.74) is 2.74. The number of para-hydroxylation sites is 1. The summed E-state index contributed by atoms with van der Waals surface area (Å²) >= 11 is 2.02. The highest BCUT2D eigenvalue weighted by Gasteiger charge is 2.12. The van der Waals surface area contributed by atoms with Gasteiger partial charge in [0.05, 0.1) is 13.2 Å². The van der Waals surface area contributed by atoms with Crippen molar-refractivity contribution in [2.45, 2.75) is 5.75 Å². The van der Waals surface area contributed by atoms with E-state index < -0.39 is 0 Å². The van der Waals surface area contributed by atoms with E-state index in [0.717, 1.165) is 57.4 Å². The van der Waals surface area contributed by atoms with Crippen LogP contribution in [0.1, 0.15) is 5.56 Å². The van der Waals surface area contributed by atoms with Crippen molar-refractivity contribution in [1.29, 1.82) is 0 Å². The molecule has 0 spiro atoms. The maximum absolute atomic E-state index is 5.45. The van der Waals surface area contributed by atoms with E-state index in [1.807, 2.05) is 11.8 Å². The minimum Gasteiger partial charge on any atom is -0.379 e. The second-order valence-electron chi connectivity index (χ2n) is 6.31. The number of morpholine rings is 1. The topological polar surface area (TPSA) is 15.7 Å². The van der Waals surface area contributed by atoms with Gasteiger partial charge in [-0.3, -0.25) is 4.90 Å². The van der Waals surface area contributed by atoms with Crippen molar-refractivity contribution in [3.05, 3.63) is 66.2 Å². The third-order valence-electron chi connectivity index (χ3n) is 4.53. The van der Waals surface area contributed by atoms with Gasteiger partial charge in [0.15, 0.2) is 0 Å². The molecule has 0 aromatic heterocycles. The van der Waals surface area contributed by atoms with Crippen LogP contribution in [0.3, 0.4) is 0 Å². The fourth-order valence-corrected chi connectivity index (χ4v) is 3.96. The summed E-state index contributed by atoms with van der Waals surface area (Å²) in [5.74, 6) is 2.24. The highest BCUT2D eigenvalue weighted by Crippen LogP contribution is 2.16. The van der Waals surface area contributed by atoms with E-state index in [-0.39, 0.29) is 0 Å². The van der Waals surface area contributed by atoms with Gasteiger partial charge in [0, 0.05) is 49.9 Å². The average Bonchev–Trinajstić information content (AvgIpc) is 2.70. The van der Waals surface area contributed by atoms with E-state index >= 15 is 0 Å². The lowest BCUT2D eigenvalue weighted by molar-refractivity contribution is 0.0392. The van der Waals surface area contributed by atoms with Crippen molar-refractivity contribution in [2.75, 3.05) is 56.6 Å². The van der Waals surface area contributed by atoms with Gasteiger partial charge in [-0.05, 0) is 17.7 Å². The third-order valence-corrected chi connectivity index (χ3v) is 5.54. The summed E-state index contributed by atoms with van der Waals surface area (Å²) < 4.78 is 5.45. The Morgan fingerprint density at radius 3 is 2.28 bits per heavy atom. The summed E-state index contributed by atoms with van der Waals surface area (Å²) in [7, 11) is 0. The molecule has 0 bridgehead atoms. The Hall–Kier alpha value is -1.49. The molecule has 3 nitrogen and oxygen atoms in total. The predicted octanol–water partition coefficient (Wildman–Crippen LogP) is 3.76. The lowest BCUT2D eigenvalue weighted by Crippen LogP contribution is -2.42. The quantitative estimate of drug-likeness (QED) is 0.636. The molecule has 1 fully saturated rings. The van der Waals surface area contributed by atoms with Gasteiger partial charge in [-0.1, -0.05) is 48.5 Å². The average molecular weight is 357 g/mol. The molecular formula is C21H28N2OS. The van der Waals surface area contributed by atoms with E-state index in [9.17, 15) is 0 Å². The number of hydrogen-bond acceptors (Lipinski definition) is 4. The molecule has 0 amide bonds. The fourth-order valence-electron chi connectivity index (χ4n) is 3.03. The predicted molar refractivity (Wildman–Crippen MR) is 109 cm³/mol. The Bertz CT molecular complexity index is 587. The molecule has 2 aromatic rings. The van der Waals surface area contributed by atoms with E-state index in [0.29, 0.717) is 0 Å². The first-order valence-electron chi connectivity index (χ1n) is 9.13. The Morgan fingerprint density at radius 2 is 1.56 bits per heavy atom. The summed E-state index contributed by atoms with van der Waals surface area (Å²) in [4.78, 5) is 5.03. The number of nitrogens with zero attached hydrogens (tertiary/aromatic N) is 2. The Balaban J connectivity index is 1.47. The van der Waals surface area contributed by atoms with Crippen LogP contribution in [0.4, 0.5) is 5.69 Å². The van der Waals surface area contributed by atoms with Gasteiger partial charge in [0.2, 0.25) is 0 Å². The molecule has 2 aromatic carbocycles. The van der Waals surface area contributed by atoms with Crippen LogP contribution in [0.5, 0.6) is 0 Å². The summed E-state index contributed by atoms with van der Waals surface area (Å²) in [6.45, 7) is 7.15. The molecule has 1 aliphatic heterocycles. The zero-order chi connectivity index (χ0) is 17.2. The molecular weight excluding hydrogens is 328 g/mol. The molecule has 1 saturated heterocycles. The van der Waals surface area contributed by atoms with E-state index in [2.05, 4.69) is 70.5 Å². The molecule has 0 saturated carbocycles. The zero-order valence-electron chi connectivity index (χ0n) is 14.8. The number of hydrogen-bond donors (Lipinski definition) is 0. The molecule has 0 radical (unpaired) electrons. The van der Waals surface area contributed by atoms with Crippen molar-refractivity contribution in [1.82, 2.24) is 4.90 Å². The first-order valence-corrected chi connectivity index (χ1v) is 10.3. The standard InChI is InChI=1S/C21H28N2OS/c1-3-7-20(8-4-1)19-25-18-15-23(21-9-5-2-6-10-21)12-11-22-13-16-24-17-14-22/h1-10H,11-19H2. The highest BCUT2D eigenvalue weighted by molar-refractivity contribution is 7.98. The largest absolute Gasteiger partial charge is 0.379 e. The number of benzene rings is 2. The molecule has 0 atom stereocenters. The smallest absolute Gasteiger partial charge is 0.0594 e. The normalized spacial score (nSPS) is 15.2. The van der Waals surface area contributed by atoms with Crippen molar-refractivity contribution in [3.8, 4) is 0 Å². The molecule has 0 aliphatic carbocycles. The van der Waals surface area contributed by atoms with Gasteiger partial charge < -0.3 is 9.64 Å². The molecule has 25 heavy (non-hydrogen) atoms. The fraction of sp³-hybridized carbons (Fsp3) is 0.429. The zero-order valence-corrected chi connectivity index (χ0v) is 15.7. The van der Waals surface area contributed by atoms with Crippen LogP contribution in [0.15, 0.2) is 60.7 Å². The second kappa shape index (κ2) is 10.5. The maximum atomic E-state index is 5.45.